The highest BCUT2D eigenvalue weighted by Crippen LogP contribution is 2.40. The van der Waals surface area contributed by atoms with Crippen molar-refractivity contribution in [3.63, 3.8) is 0 Å². The molecule has 0 saturated carbocycles. The maximum Gasteiger partial charge on any atom is 0.168 e. The molecule has 1 aliphatic heterocycles. The van der Waals surface area contributed by atoms with Gasteiger partial charge in [0, 0.05) is 6.07 Å². The Bertz CT molecular complexity index is 1280. The van der Waals surface area contributed by atoms with E-state index in [9.17, 15) is 14.6 Å². The molecule has 12 heteroatoms. The number of aliphatic hydroxyl groups excluding tert-OH is 2. The molecule has 1 aliphatic rings. The molecule has 3 N–H and O–H groups in total. The zero-order valence-corrected chi connectivity index (χ0v) is 17.4. The van der Waals surface area contributed by atoms with Crippen molar-refractivity contribution >= 4 is 34.3 Å². The van der Waals surface area contributed by atoms with Crippen LogP contribution in [0.4, 0.5) is 15.9 Å². The number of halogens is 2. The molecule has 3 aromatic heterocycles. The molecule has 0 amide bonds. The molecule has 1 fully saturated rings. The quantitative estimate of drug-likeness (QED) is 0.411. The van der Waals surface area contributed by atoms with Crippen molar-refractivity contribution in [2.24, 2.45) is 0 Å². The van der Waals surface area contributed by atoms with Gasteiger partial charge >= 0.3 is 0 Å². The third kappa shape index (κ3) is 3.48. The molecule has 32 heavy (non-hydrogen) atoms. The van der Waals surface area contributed by atoms with Gasteiger partial charge in [0.1, 0.15) is 30.5 Å². The maximum absolute atomic E-state index is 13.3. The van der Waals surface area contributed by atoms with Gasteiger partial charge < -0.3 is 24.8 Å². The van der Waals surface area contributed by atoms with E-state index in [0.717, 1.165) is 0 Å². The van der Waals surface area contributed by atoms with Gasteiger partial charge in [0.2, 0.25) is 0 Å². The normalized spacial score (nSPS) is 23.2. The number of aromatic nitrogens is 5. The predicted octanol–water partition coefficient (Wildman–Crippen LogP) is 2.90. The molecule has 0 unspecified atom stereocenters. The summed E-state index contributed by atoms with van der Waals surface area (Å²) in [4.78, 5) is 12.8. The first-order valence-electron chi connectivity index (χ1n) is 9.83. The molecular weight excluding hydrogens is 443 g/mol. The van der Waals surface area contributed by atoms with Crippen LogP contribution in [0.5, 0.6) is 0 Å². The van der Waals surface area contributed by atoms with Crippen LogP contribution < -0.4 is 5.32 Å². The molecule has 0 radical (unpaired) electrons. The lowest BCUT2D eigenvalue weighted by Crippen LogP contribution is -2.28. The van der Waals surface area contributed by atoms with Gasteiger partial charge in [-0.3, -0.25) is 4.57 Å². The van der Waals surface area contributed by atoms with E-state index in [4.69, 9.17) is 20.9 Å². The van der Waals surface area contributed by atoms with Gasteiger partial charge in [-0.1, -0.05) is 23.7 Å². The smallest absolute Gasteiger partial charge is 0.168 e. The number of fused-ring (bicyclic) bond motifs is 1. The Morgan fingerprint density at radius 2 is 2.03 bits per heavy atom. The van der Waals surface area contributed by atoms with E-state index in [1.807, 2.05) is 6.92 Å². The fourth-order valence-electron chi connectivity index (χ4n) is 3.60. The minimum Gasteiger partial charge on any atom is -0.387 e. The Kier molecular flexibility index (Phi) is 5.25. The first-order valence-corrected chi connectivity index (χ1v) is 10.2. The monoisotopic (exact) mass is 460 g/mol. The molecule has 4 heterocycles. The zero-order chi connectivity index (χ0) is 22.4. The average molecular weight is 461 g/mol. The minimum atomic E-state index is -1.27. The van der Waals surface area contributed by atoms with Gasteiger partial charge in [-0.25, -0.2) is 19.3 Å². The number of nitrogens with zero attached hydrogens (tertiary/aromatic N) is 5. The summed E-state index contributed by atoms with van der Waals surface area (Å²) in [5.74, 6) is 0.189. The van der Waals surface area contributed by atoms with Crippen molar-refractivity contribution in [2.45, 2.75) is 37.9 Å². The van der Waals surface area contributed by atoms with Gasteiger partial charge in [0.25, 0.3) is 0 Å². The number of imidazole rings is 1. The van der Waals surface area contributed by atoms with Crippen LogP contribution in [-0.4, -0.2) is 47.1 Å². The van der Waals surface area contributed by atoms with Crippen LogP contribution in [0.3, 0.4) is 0 Å². The second kappa shape index (κ2) is 8.10. The van der Waals surface area contributed by atoms with E-state index in [0.29, 0.717) is 40.5 Å². The number of aryl methyl sites for hydroxylation is 1. The van der Waals surface area contributed by atoms with Crippen LogP contribution >= 0.6 is 11.6 Å². The third-order valence-electron chi connectivity index (χ3n) is 5.28. The van der Waals surface area contributed by atoms with Crippen LogP contribution in [0.25, 0.3) is 11.2 Å². The number of nitrogens with one attached hydrogen (secondary N) is 1. The summed E-state index contributed by atoms with van der Waals surface area (Å²) in [7, 11) is 0. The minimum absolute atomic E-state index is 0.176. The lowest BCUT2D eigenvalue weighted by molar-refractivity contribution is -0.0434. The van der Waals surface area contributed by atoms with Crippen molar-refractivity contribution in [2.75, 3.05) is 5.32 Å². The van der Waals surface area contributed by atoms with Gasteiger partial charge in [-0.05, 0) is 24.6 Å². The van der Waals surface area contributed by atoms with E-state index < -0.39 is 30.4 Å². The molecule has 10 nitrogen and oxygen atoms in total. The number of aliphatic hydroxyl groups is 2. The predicted molar refractivity (Wildman–Crippen MR) is 111 cm³/mol. The van der Waals surface area contributed by atoms with E-state index in [2.05, 4.69) is 25.4 Å². The molecule has 1 saturated heterocycles. The van der Waals surface area contributed by atoms with Crippen molar-refractivity contribution in [1.29, 1.82) is 0 Å². The SMILES string of the molecule is CCc1cc([C@H]2O[C@@H](n3cnc4c(Nc5ccc(F)cc5Cl)ncnc43)[C@H](O)[C@@H]2O)on1. The van der Waals surface area contributed by atoms with Crippen LogP contribution in [-0.2, 0) is 11.2 Å². The number of anilines is 2. The number of hydrogen-bond acceptors (Lipinski definition) is 9. The van der Waals surface area contributed by atoms with Crippen LogP contribution in [0.15, 0.2) is 41.4 Å². The van der Waals surface area contributed by atoms with Crippen molar-refractivity contribution < 1.29 is 23.9 Å². The number of rotatable bonds is 5. The molecular formula is C20H18ClFN6O4. The van der Waals surface area contributed by atoms with E-state index in [-0.39, 0.29) is 5.02 Å². The summed E-state index contributed by atoms with van der Waals surface area (Å²) in [6.45, 7) is 1.92. The van der Waals surface area contributed by atoms with E-state index in [1.54, 1.807) is 6.07 Å². The molecule has 5 rings (SSSR count). The first kappa shape index (κ1) is 20.8. The van der Waals surface area contributed by atoms with Gasteiger partial charge in [0.05, 0.1) is 22.7 Å². The molecule has 166 valence electrons. The molecule has 0 aliphatic carbocycles. The number of benzene rings is 1. The lowest BCUT2D eigenvalue weighted by atomic mass is 10.1. The standard InChI is InChI=1S/C20H18ClFN6O4/c1-2-10-6-13(32-27-10)17-15(29)16(30)20(31-17)28-8-25-14-18(23-7-24-19(14)28)26-12-4-3-9(22)5-11(12)21/h3-8,15-17,20,29-30H,2H2,1H3,(H,23,24,26)/t15-,16+,17+,20+/m0/s1. The molecule has 1 aromatic carbocycles. The number of hydrogen-bond donors (Lipinski definition) is 3. The Hall–Kier alpha value is -3.12. The summed E-state index contributed by atoms with van der Waals surface area (Å²) < 4.78 is 26.0. The molecule has 0 spiro atoms. The Labute approximate surface area is 185 Å². The highest BCUT2D eigenvalue weighted by Gasteiger charge is 2.46. The summed E-state index contributed by atoms with van der Waals surface area (Å²) in [6.07, 6.45) is -1.00. The summed E-state index contributed by atoms with van der Waals surface area (Å²) in [6, 6.07) is 5.61. The van der Waals surface area contributed by atoms with Crippen LogP contribution in [0, 0.1) is 5.82 Å². The van der Waals surface area contributed by atoms with Crippen molar-refractivity contribution in [1.82, 2.24) is 24.7 Å². The summed E-state index contributed by atoms with van der Waals surface area (Å²) >= 11 is 6.09. The Morgan fingerprint density at radius 3 is 2.78 bits per heavy atom. The third-order valence-corrected chi connectivity index (χ3v) is 5.59. The van der Waals surface area contributed by atoms with Crippen molar-refractivity contribution in [3.05, 3.63) is 59.2 Å². The van der Waals surface area contributed by atoms with Gasteiger partial charge in [-0.15, -0.1) is 0 Å². The maximum atomic E-state index is 13.3. The van der Waals surface area contributed by atoms with Crippen LogP contribution in [0.1, 0.15) is 30.7 Å². The van der Waals surface area contributed by atoms with Crippen molar-refractivity contribution in [3.8, 4) is 0 Å². The van der Waals surface area contributed by atoms with E-state index >= 15 is 0 Å². The van der Waals surface area contributed by atoms with Crippen LogP contribution in [0.2, 0.25) is 5.02 Å². The highest BCUT2D eigenvalue weighted by atomic mass is 35.5. The van der Waals surface area contributed by atoms with Gasteiger partial charge in [0.15, 0.2) is 29.0 Å². The highest BCUT2D eigenvalue weighted by molar-refractivity contribution is 6.33. The Balaban J connectivity index is 1.47. The second-order valence-corrected chi connectivity index (χ2v) is 7.71. The molecule has 4 atom stereocenters. The fourth-order valence-corrected chi connectivity index (χ4v) is 3.82. The largest absolute Gasteiger partial charge is 0.387 e. The molecule has 0 bridgehead atoms. The second-order valence-electron chi connectivity index (χ2n) is 7.30. The fraction of sp³-hybridized carbons (Fsp3) is 0.300. The topological polar surface area (TPSA) is 131 Å². The number of ether oxygens (including phenoxy) is 1. The zero-order valence-electron chi connectivity index (χ0n) is 16.7. The Morgan fingerprint density at radius 1 is 1.19 bits per heavy atom. The van der Waals surface area contributed by atoms with E-state index in [1.165, 1.54) is 35.4 Å². The van der Waals surface area contributed by atoms with Gasteiger partial charge in [-0.2, -0.15) is 0 Å². The average Bonchev–Trinajstić information content (AvgIpc) is 3.49. The lowest BCUT2D eigenvalue weighted by Gasteiger charge is -2.16. The first-order chi connectivity index (χ1) is 15.5. The summed E-state index contributed by atoms with van der Waals surface area (Å²) in [5.41, 5.74) is 1.87. The molecule has 4 aromatic rings. The summed E-state index contributed by atoms with van der Waals surface area (Å²) in [5, 5.41) is 28.3.